The van der Waals surface area contributed by atoms with Crippen LogP contribution in [-0.2, 0) is 9.53 Å². The molecule has 0 saturated carbocycles. The second-order valence-corrected chi connectivity index (χ2v) is 5.81. The summed E-state index contributed by atoms with van der Waals surface area (Å²) in [5, 5.41) is 0. The zero-order chi connectivity index (χ0) is 12.8. The topological polar surface area (TPSA) is 26.3 Å². The van der Waals surface area contributed by atoms with Gasteiger partial charge in [0.1, 0.15) is 0 Å². The van der Waals surface area contributed by atoms with Gasteiger partial charge in [0.05, 0.1) is 12.5 Å². The number of esters is 1. The summed E-state index contributed by atoms with van der Waals surface area (Å²) < 4.78 is 4.89. The van der Waals surface area contributed by atoms with E-state index in [0.717, 1.165) is 6.42 Å². The molecule has 0 atom stereocenters. The molecule has 0 heterocycles. The maximum absolute atomic E-state index is 11.7. The summed E-state index contributed by atoms with van der Waals surface area (Å²) in [5.74, 6) is -0.104. The number of methoxy groups -OCH3 is 1. The molecule has 0 fully saturated rings. The molecule has 16 heavy (non-hydrogen) atoms. The maximum Gasteiger partial charge on any atom is 0.311 e. The van der Waals surface area contributed by atoms with Crippen molar-refractivity contribution in [2.24, 2.45) is 10.8 Å². The van der Waals surface area contributed by atoms with Crippen molar-refractivity contribution in [3.8, 4) is 0 Å². The van der Waals surface area contributed by atoms with E-state index in [4.69, 9.17) is 4.74 Å². The summed E-state index contributed by atoms with van der Waals surface area (Å²) in [5.41, 5.74) is -0.415. The van der Waals surface area contributed by atoms with E-state index in [1.165, 1.54) is 32.8 Å². The van der Waals surface area contributed by atoms with Crippen molar-refractivity contribution in [2.45, 2.75) is 66.7 Å². The van der Waals surface area contributed by atoms with Gasteiger partial charge in [-0.05, 0) is 25.7 Å². The highest BCUT2D eigenvalue weighted by atomic mass is 16.5. The fraction of sp³-hybridized carbons (Fsp3) is 0.929. The third kappa shape index (κ3) is 3.80. The largest absolute Gasteiger partial charge is 0.469 e. The molecule has 0 amide bonds. The van der Waals surface area contributed by atoms with Crippen LogP contribution in [0.1, 0.15) is 66.7 Å². The van der Waals surface area contributed by atoms with Crippen LogP contribution in [0, 0.1) is 10.8 Å². The summed E-state index contributed by atoms with van der Waals surface area (Å²) in [4.78, 5) is 11.7. The Hall–Kier alpha value is -0.530. The third-order valence-corrected chi connectivity index (χ3v) is 4.04. The minimum absolute atomic E-state index is 0.00612. The molecule has 0 aliphatic heterocycles. The van der Waals surface area contributed by atoms with Gasteiger partial charge in [-0.3, -0.25) is 4.79 Å². The van der Waals surface area contributed by atoms with E-state index in [0.29, 0.717) is 0 Å². The number of rotatable bonds is 7. The molecule has 0 radical (unpaired) electrons. The fourth-order valence-corrected chi connectivity index (χ4v) is 1.84. The Bertz CT molecular complexity index is 217. The molecule has 0 aliphatic rings. The van der Waals surface area contributed by atoms with Crippen LogP contribution in [0.25, 0.3) is 0 Å². The van der Waals surface area contributed by atoms with E-state index < -0.39 is 5.41 Å². The first-order valence-electron chi connectivity index (χ1n) is 6.38. The monoisotopic (exact) mass is 228 g/mol. The van der Waals surface area contributed by atoms with Crippen LogP contribution in [0.15, 0.2) is 0 Å². The predicted octanol–water partition coefficient (Wildman–Crippen LogP) is 4.18. The van der Waals surface area contributed by atoms with Crippen molar-refractivity contribution in [1.29, 1.82) is 0 Å². The van der Waals surface area contributed by atoms with Gasteiger partial charge in [-0.2, -0.15) is 0 Å². The van der Waals surface area contributed by atoms with Gasteiger partial charge in [0.15, 0.2) is 0 Å². The van der Waals surface area contributed by atoms with Crippen LogP contribution < -0.4 is 0 Å². The second kappa shape index (κ2) is 6.27. The molecule has 2 heteroatoms. The van der Waals surface area contributed by atoms with Crippen molar-refractivity contribution in [2.75, 3.05) is 7.11 Å². The molecule has 0 aromatic rings. The normalized spacial score (nSPS) is 12.6. The molecule has 0 aliphatic carbocycles. The number of hydrogen-bond acceptors (Lipinski definition) is 2. The van der Waals surface area contributed by atoms with Crippen LogP contribution >= 0.6 is 0 Å². The van der Waals surface area contributed by atoms with E-state index >= 15 is 0 Å². The molecule has 0 saturated heterocycles. The van der Waals surface area contributed by atoms with Crippen LogP contribution in [-0.4, -0.2) is 13.1 Å². The fourth-order valence-electron chi connectivity index (χ4n) is 1.84. The highest BCUT2D eigenvalue weighted by molar-refractivity contribution is 5.76. The summed E-state index contributed by atoms with van der Waals surface area (Å²) in [7, 11) is 1.47. The summed E-state index contributed by atoms with van der Waals surface area (Å²) >= 11 is 0. The Labute approximate surface area is 101 Å². The SMILES string of the molecule is CCCCCCC(C)(C)C(C)(C)C(=O)OC. The predicted molar refractivity (Wildman–Crippen MR) is 68.3 cm³/mol. The quantitative estimate of drug-likeness (QED) is 0.482. The second-order valence-electron chi connectivity index (χ2n) is 5.81. The molecule has 96 valence electrons. The smallest absolute Gasteiger partial charge is 0.311 e. The highest BCUT2D eigenvalue weighted by Gasteiger charge is 2.43. The summed E-state index contributed by atoms with van der Waals surface area (Å²) in [6.07, 6.45) is 6.07. The van der Waals surface area contributed by atoms with Gasteiger partial charge >= 0.3 is 5.97 Å². The lowest BCUT2D eigenvalue weighted by atomic mass is 9.65. The van der Waals surface area contributed by atoms with Crippen molar-refractivity contribution in [3.63, 3.8) is 0 Å². The van der Waals surface area contributed by atoms with Gasteiger partial charge in [0.2, 0.25) is 0 Å². The Kier molecular flexibility index (Phi) is 6.06. The molecule has 0 aromatic carbocycles. The third-order valence-electron chi connectivity index (χ3n) is 4.04. The molecular weight excluding hydrogens is 200 g/mol. The van der Waals surface area contributed by atoms with Gasteiger partial charge in [-0.25, -0.2) is 0 Å². The molecule has 0 rings (SSSR count). The molecule has 2 nitrogen and oxygen atoms in total. The summed E-state index contributed by atoms with van der Waals surface area (Å²) in [6, 6.07) is 0. The molecule has 0 aromatic heterocycles. The van der Waals surface area contributed by atoms with Crippen LogP contribution in [0.4, 0.5) is 0 Å². The molecular formula is C14H28O2. The van der Waals surface area contributed by atoms with E-state index in [2.05, 4.69) is 20.8 Å². The van der Waals surface area contributed by atoms with Crippen molar-refractivity contribution in [1.82, 2.24) is 0 Å². The maximum atomic E-state index is 11.7. The number of ether oxygens (including phenoxy) is 1. The van der Waals surface area contributed by atoms with Crippen LogP contribution in [0.3, 0.4) is 0 Å². The Balaban J connectivity index is 4.34. The average molecular weight is 228 g/mol. The van der Waals surface area contributed by atoms with Gasteiger partial charge in [0.25, 0.3) is 0 Å². The minimum Gasteiger partial charge on any atom is -0.469 e. The molecule has 0 spiro atoms. The highest BCUT2D eigenvalue weighted by Crippen LogP contribution is 2.43. The zero-order valence-electron chi connectivity index (χ0n) is 11.9. The average Bonchev–Trinajstić information content (AvgIpc) is 2.22. The van der Waals surface area contributed by atoms with Crippen molar-refractivity contribution >= 4 is 5.97 Å². The van der Waals surface area contributed by atoms with Crippen molar-refractivity contribution < 1.29 is 9.53 Å². The molecule has 0 bridgehead atoms. The molecule has 0 unspecified atom stereocenters. The Morgan fingerprint density at radius 3 is 2.06 bits per heavy atom. The Morgan fingerprint density at radius 1 is 1.06 bits per heavy atom. The minimum atomic E-state index is -0.409. The lowest BCUT2D eigenvalue weighted by molar-refractivity contribution is -0.158. The standard InChI is InChI=1S/C14H28O2/c1-7-8-9-10-11-13(2,3)14(4,5)12(15)16-6/h7-11H2,1-6H3. The van der Waals surface area contributed by atoms with E-state index in [-0.39, 0.29) is 11.4 Å². The van der Waals surface area contributed by atoms with Gasteiger partial charge in [-0.15, -0.1) is 0 Å². The Morgan fingerprint density at radius 2 is 1.62 bits per heavy atom. The molecule has 0 N–H and O–H groups in total. The first-order valence-corrected chi connectivity index (χ1v) is 6.38. The van der Waals surface area contributed by atoms with Crippen LogP contribution in [0.2, 0.25) is 0 Å². The van der Waals surface area contributed by atoms with E-state index in [1.807, 2.05) is 13.8 Å². The number of unbranched alkanes of at least 4 members (excludes halogenated alkanes) is 3. The first kappa shape index (κ1) is 15.5. The first-order chi connectivity index (χ1) is 7.29. The van der Waals surface area contributed by atoms with E-state index in [9.17, 15) is 4.79 Å². The number of carbonyl (C=O) groups excluding carboxylic acids is 1. The van der Waals surface area contributed by atoms with Gasteiger partial charge in [-0.1, -0.05) is 46.5 Å². The lowest BCUT2D eigenvalue weighted by Gasteiger charge is -2.39. The zero-order valence-corrected chi connectivity index (χ0v) is 11.9. The lowest BCUT2D eigenvalue weighted by Crippen LogP contribution is -2.40. The number of carbonyl (C=O) groups is 1. The van der Waals surface area contributed by atoms with Gasteiger partial charge < -0.3 is 4.74 Å². The van der Waals surface area contributed by atoms with Crippen LogP contribution in [0.5, 0.6) is 0 Å². The van der Waals surface area contributed by atoms with Gasteiger partial charge in [0, 0.05) is 0 Å². The van der Waals surface area contributed by atoms with Crippen molar-refractivity contribution in [3.05, 3.63) is 0 Å². The van der Waals surface area contributed by atoms with E-state index in [1.54, 1.807) is 0 Å². The summed E-state index contributed by atoms with van der Waals surface area (Å²) in [6.45, 7) is 10.5. The number of hydrogen-bond donors (Lipinski definition) is 0.